The first-order valence-electron chi connectivity index (χ1n) is 3.74. The van der Waals surface area contributed by atoms with E-state index < -0.39 is 0 Å². The van der Waals surface area contributed by atoms with Crippen LogP contribution in [0.3, 0.4) is 0 Å². The highest BCUT2D eigenvalue weighted by Gasteiger charge is 2.02. The second-order valence-electron chi connectivity index (χ2n) is 2.96. The zero-order valence-electron chi connectivity index (χ0n) is 7.06. The molecule has 0 spiro atoms. The van der Waals surface area contributed by atoms with Crippen molar-refractivity contribution in [2.24, 2.45) is 0 Å². The molecule has 0 saturated carbocycles. The van der Waals surface area contributed by atoms with Gasteiger partial charge in [0.2, 0.25) is 0 Å². The molecule has 1 nitrogen and oxygen atoms in total. The smallest absolute Gasteiger partial charge is 0.0618 e. The van der Waals surface area contributed by atoms with Crippen molar-refractivity contribution in [3.63, 3.8) is 0 Å². The SMILES string of the molecule is Cc1nc(C(C)C)ccc1Cl. The zero-order chi connectivity index (χ0) is 8.43. The lowest BCUT2D eigenvalue weighted by atomic mass is 10.1. The van der Waals surface area contributed by atoms with Gasteiger partial charge in [0.1, 0.15) is 0 Å². The second kappa shape index (κ2) is 3.22. The normalized spacial score (nSPS) is 10.6. The van der Waals surface area contributed by atoms with E-state index in [2.05, 4.69) is 18.8 Å². The third-order valence-electron chi connectivity index (χ3n) is 1.63. The number of aryl methyl sites for hydroxylation is 1. The Labute approximate surface area is 72.4 Å². The summed E-state index contributed by atoms with van der Waals surface area (Å²) in [5.74, 6) is 0.478. The first kappa shape index (κ1) is 8.54. The van der Waals surface area contributed by atoms with Crippen LogP contribution in [0.5, 0.6) is 0 Å². The topological polar surface area (TPSA) is 12.9 Å². The molecule has 0 aliphatic heterocycles. The molecule has 60 valence electrons. The van der Waals surface area contributed by atoms with Gasteiger partial charge >= 0.3 is 0 Å². The number of nitrogens with zero attached hydrogens (tertiary/aromatic N) is 1. The van der Waals surface area contributed by atoms with Crippen LogP contribution in [-0.2, 0) is 0 Å². The highest BCUT2D eigenvalue weighted by molar-refractivity contribution is 6.31. The van der Waals surface area contributed by atoms with E-state index in [1.54, 1.807) is 0 Å². The number of aromatic nitrogens is 1. The van der Waals surface area contributed by atoms with E-state index in [1.165, 1.54) is 0 Å². The van der Waals surface area contributed by atoms with E-state index in [9.17, 15) is 0 Å². The van der Waals surface area contributed by atoms with Gasteiger partial charge in [0, 0.05) is 5.69 Å². The van der Waals surface area contributed by atoms with Gasteiger partial charge in [0.05, 0.1) is 10.7 Å². The summed E-state index contributed by atoms with van der Waals surface area (Å²) < 4.78 is 0. The molecule has 1 heterocycles. The molecule has 0 N–H and O–H groups in total. The third-order valence-corrected chi connectivity index (χ3v) is 2.03. The molecule has 0 bridgehead atoms. The summed E-state index contributed by atoms with van der Waals surface area (Å²) >= 11 is 5.82. The Morgan fingerprint density at radius 3 is 2.45 bits per heavy atom. The van der Waals surface area contributed by atoms with Crippen molar-refractivity contribution in [2.75, 3.05) is 0 Å². The van der Waals surface area contributed by atoms with E-state index in [0.717, 1.165) is 16.4 Å². The van der Waals surface area contributed by atoms with Gasteiger partial charge in [0.25, 0.3) is 0 Å². The van der Waals surface area contributed by atoms with Crippen LogP contribution < -0.4 is 0 Å². The van der Waals surface area contributed by atoms with E-state index in [0.29, 0.717) is 5.92 Å². The van der Waals surface area contributed by atoms with Gasteiger partial charge in [-0.3, -0.25) is 4.98 Å². The quantitative estimate of drug-likeness (QED) is 0.630. The number of rotatable bonds is 1. The van der Waals surface area contributed by atoms with Crippen molar-refractivity contribution in [2.45, 2.75) is 26.7 Å². The van der Waals surface area contributed by atoms with Gasteiger partial charge in [-0.05, 0) is 25.0 Å². The molecule has 0 fully saturated rings. The molecular weight excluding hydrogens is 158 g/mol. The predicted molar refractivity (Wildman–Crippen MR) is 48.1 cm³/mol. The highest BCUT2D eigenvalue weighted by Crippen LogP contribution is 2.17. The molecule has 0 aliphatic rings. The molecule has 11 heavy (non-hydrogen) atoms. The van der Waals surface area contributed by atoms with Crippen molar-refractivity contribution in [3.8, 4) is 0 Å². The Bertz CT molecular complexity index is 256. The van der Waals surface area contributed by atoms with E-state index in [4.69, 9.17) is 11.6 Å². The second-order valence-corrected chi connectivity index (χ2v) is 3.37. The van der Waals surface area contributed by atoms with Crippen LogP contribution in [0, 0.1) is 6.92 Å². The number of pyridine rings is 1. The van der Waals surface area contributed by atoms with Gasteiger partial charge in [-0.1, -0.05) is 25.4 Å². The molecule has 0 aromatic carbocycles. The lowest BCUT2D eigenvalue weighted by Gasteiger charge is -2.05. The molecule has 0 saturated heterocycles. The molecule has 0 amide bonds. The van der Waals surface area contributed by atoms with Crippen molar-refractivity contribution in [3.05, 3.63) is 28.5 Å². The van der Waals surface area contributed by atoms with Crippen molar-refractivity contribution >= 4 is 11.6 Å². The fourth-order valence-corrected chi connectivity index (χ4v) is 0.990. The lowest BCUT2D eigenvalue weighted by Crippen LogP contribution is -1.94. The molecule has 0 atom stereocenters. The van der Waals surface area contributed by atoms with Crippen LogP contribution in [0.2, 0.25) is 5.02 Å². The average Bonchev–Trinajstić information content (AvgIpc) is 1.94. The maximum absolute atomic E-state index is 5.82. The molecule has 2 heteroatoms. The molecular formula is C9H12ClN. The summed E-state index contributed by atoms with van der Waals surface area (Å²) in [7, 11) is 0. The van der Waals surface area contributed by atoms with Crippen molar-refractivity contribution in [1.29, 1.82) is 0 Å². The van der Waals surface area contributed by atoms with Gasteiger partial charge < -0.3 is 0 Å². The van der Waals surface area contributed by atoms with Gasteiger partial charge in [0.15, 0.2) is 0 Å². The largest absolute Gasteiger partial charge is 0.256 e. The third kappa shape index (κ3) is 1.93. The summed E-state index contributed by atoms with van der Waals surface area (Å²) in [4.78, 5) is 4.34. The minimum atomic E-state index is 0.478. The van der Waals surface area contributed by atoms with Crippen molar-refractivity contribution < 1.29 is 0 Å². The highest BCUT2D eigenvalue weighted by atomic mass is 35.5. The van der Waals surface area contributed by atoms with Crippen LogP contribution in [0.15, 0.2) is 12.1 Å². The molecule has 1 aromatic rings. The van der Waals surface area contributed by atoms with Gasteiger partial charge in [-0.2, -0.15) is 0 Å². The zero-order valence-corrected chi connectivity index (χ0v) is 7.81. The maximum atomic E-state index is 5.82. The summed E-state index contributed by atoms with van der Waals surface area (Å²) in [6.07, 6.45) is 0. The molecule has 1 aromatic heterocycles. The average molecular weight is 170 g/mol. The number of hydrogen-bond donors (Lipinski definition) is 0. The first-order valence-corrected chi connectivity index (χ1v) is 4.12. The monoisotopic (exact) mass is 169 g/mol. The van der Waals surface area contributed by atoms with Gasteiger partial charge in [-0.15, -0.1) is 0 Å². The Hall–Kier alpha value is -0.560. The Morgan fingerprint density at radius 2 is 2.00 bits per heavy atom. The molecule has 1 rings (SSSR count). The fourth-order valence-electron chi connectivity index (χ4n) is 0.885. The number of hydrogen-bond acceptors (Lipinski definition) is 1. The minimum absolute atomic E-state index is 0.478. The van der Waals surface area contributed by atoms with Gasteiger partial charge in [-0.25, -0.2) is 0 Å². The van der Waals surface area contributed by atoms with E-state index >= 15 is 0 Å². The minimum Gasteiger partial charge on any atom is -0.256 e. The standard InChI is InChI=1S/C9H12ClN/c1-6(2)9-5-4-8(10)7(3)11-9/h4-6H,1-3H3. The Kier molecular flexibility index (Phi) is 2.50. The Balaban J connectivity index is 3.05. The summed E-state index contributed by atoms with van der Waals surface area (Å²) in [5, 5.41) is 0.745. The van der Waals surface area contributed by atoms with E-state index in [-0.39, 0.29) is 0 Å². The molecule has 0 radical (unpaired) electrons. The first-order chi connectivity index (χ1) is 5.11. The summed E-state index contributed by atoms with van der Waals surface area (Å²) in [6, 6.07) is 3.87. The van der Waals surface area contributed by atoms with Crippen molar-refractivity contribution in [1.82, 2.24) is 4.98 Å². The predicted octanol–water partition coefficient (Wildman–Crippen LogP) is 3.17. The summed E-state index contributed by atoms with van der Waals surface area (Å²) in [5.41, 5.74) is 2.02. The molecule has 0 unspecified atom stereocenters. The van der Waals surface area contributed by atoms with Crippen LogP contribution in [0.1, 0.15) is 31.2 Å². The van der Waals surface area contributed by atoms with Crippen LogP contribution in [0.25, 0.3) is 0 Å². The van der Waals surface area contributed by atoms with Crippen LogP contribution in [0.4, 0.5) is 0 Å². The fraction of sp³-hybridized carbons (Fsp3) is 0.444. The summed E-state index contributed by atoms with van der Waals surface area (Å²) in [6.45, 7) is 6.17. The van der Waals surface area contributed by atoms with Crippen LogP contribution in [-0.4, -0.2) is 4.98 Å². The van der Waals surface area contributed by atoms with Crippen LogP contribution >= 0.6 is 11.6 Å². The lowest BCUT2D eigenvalue weighted by molar-refractivity contribution is 0.815. The number of halogens is 1. The Morgan fingerprint density at radius 1 is 1.36 bits per heavy atom. The molecule has 0 aliphatic carbocycles. The van der Waals surface area contributed by atoms with E-state index in [1.807, 2.05) is 19.1 Å². The maximum Gasteiger partial charge on any atom is 0.0618 e.